The van der Waals surface area contributed by atoms with E-state index >= 15 is 0 Å². The molecular weight excluding hydrogens is 340 g/mol. The molecule has 0 aliphatic rings. The van der Waals surface area contributed by atoms with Crippen LogP contribution in [-0.2, 0) is 11.3 Å². The number of alkyl carbamates (subject to hydrolysis) is 1. The summed E-state index contributed by atoms with van der Waals surface area (Å²) in [6, 6.07) is 9.56. The molecule has 0 unspecified atom stereocenters. The number of hydrogen-bond donors (Lipinski definition) is 1. The molecule has 0 saturated heterocycles. The Kier molecular flexibility index (Phi) is 5.76. The SMILES string of the molecule is O=C(NCC=Cc1nc(Br)cs1)OCc1ccccc1. The van der Waals surface area contributed by atoms with Gasteiger partial charge in [0.25, 0.3) is 0 Å². The first-order valence-electron chi connectivity index (χ1n) is 5.96. The van der Waals surface area contributed by atoms with Crippen molar-refractivity contribution in [3.63, 3.8) is 0 Å². The first-order chi connectivity index (χ1) is 9.74. The summed E-state index contributed by atoms with van der Waals surface area (Å²) in [6.07, 6.45) is 3.25. The average molecular weight is 353 g/mol. The minimum absolute atomic E-state index is 0.274. The molecule has 1 amide bonds. The molecule has 2 aromatic rings. The van der Waals surface area contributed by atoms with Gasteiger partial charge in [0.05, 0.1) is 0 Å². The number of carbonyl (C=O) groups is 1. The smallest absolute Gasteiger partial charge is 0.407 e. The fourth-order valence-electron chi connectivity index (χ4n) is 1.42. The largest absolute Gasteiger partial charge is 0.445 e. The molecule has 0 aliphatic carbocycles. The van der Waals surface area contributed by atoms with E-state index in [-0.39, 0.29) is 6.61 Å². The molecule has 6 heteroatoms. The number of benzene rings is 1. The van der Waals surface area contributed by atoms with E-state index in [2.05, 4.69) is 26.2 Å². The van der Waals surface area contributed by atoms with Crippen LogP contribution in [0.25, 0.3) is 6.08 Å². The summed E-state index contributed by atoms with van der Waals surface area (Å²) in [4.78, 5) is 15.7. The van der Waals surface area contributed by atoms with Crippen LogP contribution in [0, 0.1) is 0 Å². The Bertz CT molecular complexity index is 584. The van der Waals surface area contributed by atoms with Gasteiger partial charge >= 0.3 is 6.09 Å². The number of carbonyl (C=O) groups excluding carboxylic acids is 1. The second-order valence-corrected chi connectivity index (χ2v) is 5.56. The van der Waals surface area contributed by atoms with Crippen LogP contribution in [0.2, 0.25) is 0 Å². The van der Waals surface area contributed by atoms with Crippen molar-refractivity contribution in [2.45, 2.75) is 6.61 Å². The highest BCUT2D eigenvalue weighted by Crippen LogP contribution is 2.15. The van der Waals surface area contributed by atoms with Gasteiger partial charge in [-0.2, -0.15) is 0 Å². The lowest BCUT2D eigenvalue weighted by Gasteiger charge is -2.04. The monoisotopic (exact) mass is 352 g/mol. The Morgan fingerprint density at radius 2 is 2.20 bits per heavy atom. The van der Waals surface area contributed by atoms with Gasteiger partial charge in [0, 0.05) is 11.9 Å². The number of ether oxygens (including phenoxy) is 1. The fourth-order valence-corrected chi connectivity index (χ4v) is 2.60. The van der Waals surface area contributed by atoms with E-state index in [0.717, 1.165) is 15.2 Å². The summed E-state index contributed by atoms with van der Waals surface area (Å²) >= 11 is 4.81. The van der Waals surface area contributed by atoms with E-state index in [1.165, 1.54) is 11.3 Å². The molecule has 1 aromatic heterocycles. The number of thiazole rings is 1. The predicted molar refractivity (Wildman–Crippen MR) is 83.5 cm³/mol. The second kappa shape index (κ2) is 7.81. The van der Waals surface area contributed by atoms with Gasteiger partial charge in [-0.3, -0.25) is 0 Å². The Morgan fingerprint density at radius 3 is 2.90 bits per heavy atom. The second-order valence-electron chi connectivity index (χ2n) is 3.85. The molecule has 0 radical (unpaired) electrons. The lowest BCUT2D eigenvalue weighted by molar-refractivity contribution is 0.141. The van der Waals surface area contributed by atoms with Gasteiger partial charge in [-0.1, -0.05) is 36.4 Å². The number of nitrogens with one attached hydrogen (secondary N) is 1. The van der Waals surface area contributed by atoms with Crippen molar-refractivity contribution >= 4 is 39.4 Å². The van der Waals surface area contributed by atoms with Gasteiger partial charge in [0.1, 0.15) is 16.2 Å². The molecule has 0 spiro atoms. The number of aromatic nitrogens is 1. The number of halogens is 1. The van der Waals surface area contributed by atoms with Crippen LogP contribution in [0.1, 0.15) is 10.6 Å². The molecule has 1 N–H and O–H groups in total. The standard InChI is InChI=1S/C14H13BrN2O2S/c15-12-10-20-13(17-12)7-4-8-16-14(18)19-9-11-5-2-1-3-6-11/h1-7,10H,8-9H2,(H,16,18). The van der Waals surface area contributed by atoms with Crippen molar-refractivity contribution in [3.8, 4) is 0 Å². The summed E-state index contributed by atoms with van der Waals surface area (Å²) in [5.74, 6) is 0. The Hall–Kier alpha value is -1.66. The summed E-state index contributed by atoms with van der Waals surface area (Å²) in [7, 11) is 0. The molecule has 0 atom stereocenters. The van der Waals surface area contributed by atoms with Gasteiger partial charge < -0.3 is 10.1 Å². The minimum Gasteiger partial charge on any atom is -0.445 e. The maximum atomic E-state index is 11.4. The molecule has 104 valence electrons. The zero-order valence-electron chi connectivity index (χ0n) is 10.6. The topological polar surface area (TPSA) is 51.2 Å². The van der Waals surface area contributed by atoms with Crippen molar-refractivity contribution in [2.24, 2.45) is 0 Å². The average Bonchev–Trinajstić information content (AvgIpc) is 2.88. The van der Waals surface area contributed by atoms with Crippen LogP contribution in [0.5, 0.6) is 0 Å². The van der Waals surface area contributed by atoms with E-state index in [1.54, 1.807) is 0 Å². The molecule has 0 aliphatic heterocycles. The Labute approximate surface area is 129 Å². The quantitative estimate of drug-likeness (QED) is 0.889. The molecule has 4 nitrogen and oxygen atoms in total. The summed E-state index contributed by atoms with van der Waals surface area (Å²) in [6.45, 7) is 0.681. The molecule has 20 heavy (non-hydrogen) atoms. The van der Waals surface area contributed by atoms with E-state index in [4.69, 9.17) is 4.74 Å². The first-order valence-corrected chi connectivity index (χ1v) is 7.63. The molecular formula is C14H13BrN2O2S. The van der Waals surface area contributed by atoms with Gasteiger partial charge in [-0.25, -0.2) is 9.78 Å². The number of rotatable bonds is 5. The van der Waals surface area contributed by atoms with Crippen LogP contribution in [-0.4, -0.2) is 17.6 Å². The zero-order chi connectivity index (χ0) is 14.2. The van der Waals surface area contributed by atoms with Crippen molar-refractivity contribution in [2.75, 3.05) is 6.54 Å². The molecule has 0 fully saturated rings. The highest BCUT2D eigenvalue weighted by atomic mass is 79.9. The fraction of sp³-hybridized carbons (Fsp3) is 0.143. The highest BCUT2D eigenvalue weighted by Gasteiger charge is 2.00. The van der Waals surface area contributed by atoms with Crippen LogP contribution in [0.3, 0.4) is 0 Å². The number of nitrogens with zero attached hydrogens (tertiary/aromatic N) is 1. The Balaban J connectivity index is 1.66. The lowest BCUT2D eigenvalue weighted by atomic mass is 10.2. The van der Waals surface area contributed by atoms with Crippen molar-refractivity contribution in [1.29, 1.82) is 0 Å². The van der Waals surface area contributed by atoms with Gasteiger partial charge in [-0.15, -0.1) is 11.3 Å². The number of hydrogen-bond acceptors (Lipinski definition) is 4. The third-order valence-electron chi connectivity index (χ3n) is 2.33. The predicted octanol–water partition coefficient (Wildman–Crippen LogP) is 3.85. The van der Waals surface area contributed by atoms with Crippen LogP contribution in [0.15, 0.2) is 46.4 Å². The van der Waals surface area contributed by atoms with Crippen LogP contribution >= 0.6 is 27.3 Å². The van der Waals surface area contributed by atoms with E-state index < -0.39 is 6.09 Å². The maximum absolute atomic E-state index is 11.4. The molecule has 1 aromatic carbocycles. The summed E-state index contributed by atoms with van der Waals surface area (Å²) in [5, 5.41) is 5.44. The molecule has 0 saturated carbocycles. The first kappa shape index (κ1) is 14.7. The minimum atomic E-state index is -0.432. The van der Waals surface area contributed by atoms with Crippen LogP contribution in [0.4, 0.5) is 4.79 Å². The van der Waals surface area contributed by atoms with Crippen molar-refractivity contribution < 1.29 is 9.53 Å². The van der Waals surface area contributed by atoms with Crippen LogP contribution < -0.4 is 5.32 Å². The Morgan fingerprint density at radius 1 is 1.40 bits per heavy atom. The summed E-state index contributed by atoms with van der Waals surface area (Å²) in [5.41, 5.74) is 0.964. The zero-order valence-corrected chi connectivity index (χ0v) is 13.0. The van der Waals surface area contributed by atoms with Gasteiger partial charge in [0.15, 0.2) is 0 Å². The third-order valence-corrected chi connectivity index (χ3v) is 3.85. The maximum Gasteiger partial charge on any atom is 0.407 e. The van der Waals surface area contributed by atoms with E-state index in [1.807, 2.05) is 47.9 Å². The highest BCUT2D eigenvalue weighted by molar-refractivity contribution is 9.10. The van der Waals surface area contributed by atoms with Gasteiger partial charge in [-0.05, 0) is 27.6 Å². The van der Waals surface area contributed by atoms with E-state index in [0.29, 0.717) is 6.54 Å². The molecule has 0 bridgehead atoms. The molecule has 2 rings (SSSR count). The summed E-state index contributed by atoms with van der Waals surface area (Å²) < 4.78 is 5.90. The third kappa shape index (κ3) is 5.14. The van der Waals surface area contributed by atoms with E-state index in [9.17, 15) is 4.79 Å². The van der Waals surface area contributed by atoms with Crippen molar-refractivity contribution in [1.82, 2.24) is 10.3 Å². The number of amides is 1. The lowest BCUT2D eigenvalue weighted by Crippen LogP contribution is -2.24. The molecule has 1 heterocycles. The van der Waals surface area contributed by atoms with Crippen molar-refractivity contribution in [3.05, 3.63) is 57.0 Å². The normalized spacial score (nSPS) is 10.7. The van der Waals surface area contributed by atoms with Gasteiger partial charge in [0.2, 0.25) is 0 Å².